The van der Waals surface area contributed by atoms with Gasteiger partial charge in [0.25, 0.3) is 0 Å². The monoisotopic (exact) mass is 287 g/mol. The number of aromatic nitrogens is 3. The Hall–Kier alpha value is -1.08. The van der Waals surface area contributed by atoms with Crippen molar-refractivity contribution in [2.24, 2.45) is 0 Å². The topological polar surface area (TPSA) is 77.2 Å². The van der Waals surface area contributed by atoms with Crippen molar-refractivity contribution in [3.05, 3.63) is 5.82 Å². The standard InChI is InChI=1S/C12H21N3O3S/c1-4-5-9(2)11-13-14-12(19-8-10(16)17)15(11)6-7-18-3/h9H,4-8H2,1-3H3,(H,16,17). The maximum Gasteiger partial charge on any atom is 0.313 e. The molecule has 6 nitrogen and oxygen atoms in total. The molecule has 0 aromatic carbocycles. The first kappa shape index (κ1) is 16.0. The van der Waals surface area contributed by atoms with Gasteiger partial charge in [0, 0.05) is 19.6 Å². The van der Waals surface area contributed by atoms with Crippen LogP contribution in [0.4, 0.5) is 0 Å². The maximum atomic E-state index is 10.6. The lowest BCUT2D eigenvalue weighted by Gasteiger charge is -2.13. The van der Waals surface area contributed by atoms with Gasteiger partial charge in [0.15, 0.2) is 5.16 Å². The van der Waals surface area contributed by atoms with Crippen LogP contribution in [0.15, 0.2) is 5.16 Å². The Morgan fingerprint density at radius 2 is 2.26 bits per heavy atom. The minimum absolute atomic E-state index is 0.00667. The quantitative estimate of drug-likeness (QED) is 0.700. The first-order valence-corrected chi connectivity index (χ1v) is 7.35. The largest absolute Gasteiger partial charge is 0.481 e. The van der Waals surface area contributed by atoms with Crippen LogP contribution < -0.4 is 0 Å². The Balaban J connectivity index is 2.87. The van der Waals surface area contributed by atoms with E-state index in [0.717, 1.165) is 18.7 Å². The number of rotatable bonds is 9. The van der Waals surface area contributed by atoms with E-state index in [9.17, 15) is 4.79 Å². The van der Waals surface area contributed by atoms with Crippen molar-refractivity contribution in [3.63, 3.8) is 0 Å². The van der Waals surface area contributed by atoms with Gasteiger partial charge >= 0.3 is 5.97 Å². The minimum atomic E-state index is -0.852. The lowest BCUT2D eigenvalue weighted by molar-refractivity contribution is -0.133. The summed E-state index contributed by atoms with van der Waals surface area (Å²) in [7, 11) is 1.64. The molecule has 0 radical (unpaired) electrons. The molecule has 108 valence electrons. The van der Waals surface area contributed by atoms with Gasteiger partial charge in [-0.05, 0) is 6.42 Å². The van der Waals surface area contributed by atoms with Crippen LogP contribution in [0.2, 0.25) is 0 Å². The number of nitrogens with zero attached hydrogens (tertiary/aromatic N) is 3. The molecule has 0 saturated heterocycles. The van der Waals surface area contributed by atoms with Crippen molar-refractivity contribution in [1.29, 1.82) is 0 Å². The number of thioether (sulfide) groups is 1. The van der Waals surface area contributed by atoms with Crippen molar-refractivity contribution in [1.82, 2.24) is 14.8 Å². The number of carboxylic acids is 1. The number of carboxylic acid groups (broad SMARTS) is 1. The summed E-state index contributed by atoms with van der Waals surface area (Å²) in [6, 6.07) is 0. The molecular formula is C12H21N3O3S. The van der Waals surface area contributed by atoms with Gasteiger partial charge in [-0.3, -0.25) is 4.79 Å². The SMILES string of the molecule is CCCC(C)c1nnc(SCC(=O)O)n1CCOC. The number of aliphatic carboxylic acids is 1. The third kappa shape index (κ3) is 4.83. The normalized spacial score (nSPS) is 12.6. The van der Waals surface area contributed by atoms with Crippen LogP contribution in [0.3, 0.4) is 0 Å². The van der Waals surface area contributed by atoms with Crippen LogP contribution in [-0.4, -0.2) is 45.3 Å². The third-order valence-corrected chi connectivity index (χ3v) is 3.70. The predicted molar refractivity (Wildman–Crippen MR) is 73.6 cm³/mol. The molecule has 1 N–H and O–H groups in total. The second-order valence-corrected chi connectivity index (χ2v) is 5.30. The average Bonchev–Trinajstić information content (AvgIpc) is 2.77. The molecule has 7 heteroatoms. The highest BCUT2D eigenvalue weighted by atomic mass is 32.2. The molecule has 0 saturated carbocycles. The Morgan fingerprint density at radius 1 is 1.53 bits per heavy atom. The van der Waals surface area contributed by atoms with Crippen molar-refractivity contribution in [2.75, 3.05) is 19.5 Å². The fourth-order valence-corrected chi connectivity index (χ4v) is 2.54. The molecule has 1 heterocycles. The summed E-state index contributed by atoms with van der Waals surface area (Å²) < 4.78 is 7.06. The van der Waals surface area contributed by atoms with Gasteiger partial charge in [0.1, 0.15) is 5.82 Å². The first-order valence-electron chi connectivity index (χ1n) is 6.36. The van der Waals surface area contributed by atoms with Crippen molar-refractivity contribution >= 4 is 17.7 Å². The van der Waals surface area contributed by atoms with Crippen LogP contribution in [0.25, 0.3) is 0 Å². The Labute approximate surface area is 117 Å². The van der Waals surface area contributed by atoms with E-state index in [1.807, 2.05) is 4.57 Å². The van der Waals surface area contributed by atoms with Crippen LogP contribution in [0.1, 0.15) is 38.4 Å². The molecule has 0 spiro atoms. The van der Waals surface area contributed by atoms with Crippen LogP contribution >= 0.6 is 11.8 Å². The summed E-state index contributed by atoms with van der Waals surface area (Å²) in [5.74, 6) is 0.363. The summed E-state index contributed by atoms with van der Waals surface area (Å²) in [4.78, 5) is 10.6. The number of carbonyl (C=O) groups is 1. The van der Waals surface area contributed by atoms with E-state index in [4.69, 9.17) is 9.84 Å². The van der Waals surface area contributed by atoms with Crippen LogP contribution in [0.5, 0.6) is 0 Å². The van der Waals surface area contributed by atoms with Gasteiger partial charge in [-0.25, -0.2) is 0 Å². The molecule has 19 heavy (non-hydrogen) atoms. The first-order chi connectivity index (χ1) is 9.10. The lowest BCUT2D eigenvalue weighted by atomic mass is 10.1. The zero-order valence-corrected chi connectivity index (χ0v) is 12.4. The van der Waals surface area contributed by atoms with Gasteiger partial charge in [0.05, 0.1) is 12.4 Å². The van der Waals surface area contributed by atoms with E-state index in [-0.39, 0.29) is 5.75 Å². The van der Waals surface area contributed by atoms with E-state index >= 15 is 0 Å². The smallest absolute Gasteiger partial charge is 0.313 e. The summed E-state index contributed by atoms with van der Waals surface area (Å²) >= 11 is 1.20. The molecule has 0 aliphatic carbocycles. The summed E-state index contributed by atoms with van der Waals surface area (Å²) in [5, 5.41) is 17.7. The second-order valence-electron chi connectivity index (χ2n) is 4.36. The van der Waals surface area contributed by atoms with Gasteiger partial charge in [-0.1, -0.05) is 32.0 Å². The number of methoxy groups -OCH3 is 1. The highest BCUT2D eigenvalue weighted by molar-refractivity contribution is 7.99. The predicted octanol–water partition coefficient (Wildman–Crippen LogP) is 2.00. The molecule has 1 aromatic rings. The molecule has 1 aromatic heterocycles. The third-order valence-electron chi connectivity index (χ3n) is 2.75. The lowest BCUT2D eigenvalue weighted by Crippen LogP contribution is -2.12. The highest BCUT2D eigenvalue weighted by Crippen LogP contribution is 2.24. The molecule has 0 fully saturated rings. The number of ether oxygens (including phenoxy) is 1. The number of hydrogen-bond acceptors (Lipinski definition) is 5. The molecule has 0 amide bonds. The zero-order chi connectivity index (χ0) is 14.3. The summed E-state index contributed by atoms with van der Waals surface area (Å²) in [6.45, 7) is 5.45. The molecular weight excluding hydrogens is 266 g/mol. The van der Waals surface area contributed by atoms with Crippen molar-refractivity contribution in [3.8, 4) is 0 Å². The van der Waals surface area contributed by atoms with Gasteiger partial charge in [-0.15, -0.1) is 10.2 Å². The molecule has 1 atom stereocenters. The van der Waals surface area contributed by atoms with Crippen molar-refractivity contribution in [2.45, 2.75) is 44.3 Å². The molecule has 1 rings (SSSR count). The van der Waals surface area contributed by atoms with Gasteiger partial charge in [0.2, 0.25) is 0 Å². The van der Waals surface area contributed by atoms with E-state index in [1.165, 1.54) is 11.8 Å². The van der Waals surface area contributed by atoms with Crippen LogP contribution in [-0.2, 0) is 16.1 Å². The maximum absolute atomic E-state index is 10.6. The van der Waals surface area contributed by atoms with E-state index in [0.29, 0.717) is 24.2 Å². The minimum Gasteiger partial charge on any atom is -0.481 e. The Kier molecular flexibility index (Phi) is 6.86. The Morgan fingerprint density at radius 3 is 2.84 bits per heavy atom. The molecule has 0 bridgehead atoms. The highest BCUT2D eigenvalue weighted by Gasteiger charge is 2.18. The Bertz CT molecular complexity index is 409. The van der Waals surface area contributed by atoms with Crippen molar-refractivity contribution < 1.29 is 14.6 Å². The van der Waals surface area contributed by atoms with Gasteiger partial charge in [-0.2, -0.15) is 0 Å². The molecule has 1 unspecified atom stereocenters. The van der Waals surface area contributed by atoms with Crippen LogP contribution in [0, 0.1) is 0 Å². The number of hydrogen-bond donors (Lipinski definition) is 1. The summed E-state index contributed by atoms with van der Waals surface area (Å²) in [5.41, 5.74) is 0. The fourth-order valence-electron chi connectivity index (χ4n) is 1.85. The van der Waals surface area contributed by atoms with Gasteiger partial charge < -0.3 is 14.4 Å². The molecule has 0 aliphatic heterocycles. The van der Waals surface area contributed by atoms with E-state index in [2.05, 4.69) is 24.0 Å². The average molecular weight is 287 g/mol. The molecule has 0 aliphatic rings. The van der Waals surface area contributed by atoms with E-state index < -0.39 is 5.97 Å². The summed E-state index contributed by atoms with van der Waals surface area (Å²) in [6.07, 6.45) is 2.12. The fraction of sp³-hybridized carbons (Fsp3) is 0.750. The zero-order valence-electron chi connectivity index (χ0n) is 11.6. The second kappa shape index (κ2) is 8.16. The van der Waals surface area contributed by atoms with E-state index in [1.54, 1.807) is 7.11 Å².